The summed E-state index contributed by atoms with van der Waals surface area (Å²) in [7, 11) is 0. The van der Waals surface area contributed by atoms with Gasteiger partial charge in [0.15, 0.2) is 0 Å². The molecule has 0 saturated carbocycles. The summed E-state index contributed by atoms with van der Waals surface area (Å²) >= 11 is 7.09. The number of hydrogen-bond acceptors (Lipinski definition) is 5. The molecule has 2 aromatic rings. The quantitative estimate of drug-likeness (QED) is 0.643. The van der Waals surface area contributed by atoms with Crippen LogP contribution in [0.3, 0.4) is 0 Å². The normalized spacial score (nSPS) is 19.2. The van der Waals surface area contributed by atoms with Crippen LogP contribution >= 0.6 is 23.4 Å². The van der Waals surface area contributed by atoms with E-state index in [4.69, 9.17) is 11.6 Å². The Labute approximate surface area is 184 Å². The molecule has 156 valence electrons. The van der Waals surface area contributed by atoms with Gasteiger partial charge in [-0.1, -0.05) is 35.9 Å². The van der Waals surface area contributed by atoms with Crippen molar-refractivity contribution in [3.8, 4) is 0 Å². The van der Waals surface area contributed by atoms with Crippen LogP contribution in [0, 0.1) is 12.7 Å². The monoisotopic (exact) mass is 445 g/mol. The molecular weight excluding hydrogens is 425 g/mol. The largest absolute Gasteiger partial charge is 0.369 e. The maximum atomic E-state index is 13.9. The number of nitrogens with zero attached hydrogens (tertiary/aromatic N) is 3. The molecular formula is C22H21ClFN3O2S. The van der Waals surface area contributed by atoms with Crippen LogP contribution in [0.25, 0.3) is 6.08 Å². The third-order valence-corrected chi connectivity index (χ3v) is 6.61. The molecule has 0 atom stereocenters. The van der Waals surface area contributed by atoms with E-state index in [-0.39, 0.29) is 22.7 Å². The molecule has 0 bridgehead atoms. The molecule has 8 heteroatoms. The molecule has 2 amide bonds. The predicted octanol–water partition coefficient (Wildman–Crippen LogP) is 4.60. The van der Waals surface area contributed by atoms with Crippen molar-refractivity contribution in [2.75, 3.05) is 37.7 Å². The number of benzene rings is 2. The Morgan fingerprint density at radius 1 is 1.10 bits per heavy atom. The van der Waals surface area contributed by atoms with Crippen molar-refractivity contribution in [1.29, 1.82) is 0 Å². The summed E-state index contributed by atoms with van der Waals surface area (Å²) in [5.41, 5.74) is 2.42. The molecule has 2 aromatic carbocycles. The summed E-state index contributed by atoms with van der Waals surface area (Å²) in [5.74, 6) is -0.794. The lowest BCUT2D eigenvalue weighted by Crippen LogP contribution is -2.50. The number of anilines is 1. The van der Waals surface area contributed by atoms with E-state index in [0.717, 1.165) is 54.2 Å². The molecule has 4 rings (SSSR count). The zero-order chi connectivity index (χ0) is 21.3. The van der Waals surface area contributed by atoms with Crippen LogP contribution in [0.15, 0.2) is 47.4 Å². The van der Waals surface area contributed by atoms with Crippen molar-refractivity contribution in [3.05, 3.63) is 69.3 Å². The number of imide groups is 1. The molecule has 0 unspecified atom stereocenters. The predicted molar refractivity (Wildman–Crippen MR) is 119 cm³/mol. The maximum absolute atomic E-state index is 13.9. The minimum Gasteiger partial charge on any atom is -0.369 e. The highest BCUT2D eigenvalue weighted by Gasteiger charge is 2.36. The van der Waals surface area contributed by atoms with Crippen LogP contribution in [-0.2, 0) is 4.79 Å². The van der Waals surface area contributed by atoms with Gasteiger partial charge in [-0.3, -0.25) is 19.4 Å². The summed E-state index contributed by atoms with van der Waals surface area (Å²) in [4.78, 5) is 30.9. The summed E-state index contributed by atoms with van der Waals surface area (Å²) in [6, 6.07) is 12.2. The van der Waals surface area contributed by atoms with Crippen LogP contribution in [0.5, 0.6) is 0 Å². The van der Waals surface area contributed by atoms with E-state index in [1.807, 2.05) is 19.1 Å². The van der Waals surface area contributed by atoms with Crippen LogP contribution < -0.4 is 4.90 Å². The van der Waals surface area contributed by atoms with Gasteiger partial charge in [-0.05, 0) is 48.5 Å². The second-order valence-electron chi connectivity index (χ2n) is 7.31. The fourth-order valence-electron chi connectivity index (χ4n) is 3.48. The highest BCUT2D eigenvalue weighted by molar-refractivity contribution is 8.18. The summed E-state index contributed by atoms with van der Waals surface area (Å²) in [6.07, 6.45) is 1.44. The molecule has 0 aliphatic carbocycles. The number of amides is 2. The van der Waals surface area contributed by atoms with Gasteiger partial charge in [0.1, 0.15) is 5.82 Å². The van der Waals surface area contributed by atoms with Crippen molar-refractivity contribution in [2.45, 2.75) is 6.92 Å². The standard InChI is InChI=1S/C22H21ClFN3O2S/c1-15-6-7-17(13-18(15)23)26-10-8-25(9-11-26)14-27-21(28)20(30-22(27)29)12-16-4-2-3-5-19(16)24/h2-7,12-13H,8-11,14H2,1H3/b20-12+. The van der Waals surface area contributed by atoms with E-state index in [0.29, 0.717) is 5.56 Å². The summed E-state index contributed by atoms with van der Waals surface area (Å²) in [6.45, 7) is 5.21. The highest BCUT2D eigenvalue weighted by atomic mass is 35.5. The van der Waals surface area contributed by atoms with Crippen LogP contribution in [0.1, 0.15) is 11.1 Å². The Balaban J connectivity index is 1.38. The zero-order valence-electron chi connectivity index (χ0n) is 16.5. The van der Waals surface area contributed by atoms with E-state index >= 15 is 0 Å². The Morgan fingerprint density at radius 3 is 2.53 bits per heavy atom. The van der Waals surface area contributed by atoms with Crippen LogP contribution in [0.2, 0.25) is 5.02 Å². The highest BCUT2D eigenvalue weighted by Crippen LogP contribution is 2.33. The van der Waals surface area contributed by atoms with Gasteiger partial charge in [-0.15, -0.1) is 0 Å². The number of carbonyl (C=O) groups is 2. The maximum Gasteiger partial charge on any atom is 0.294 e. The Hall–Kier alpha value is -2.35. The fourth-order valence-corrected chi connectivity index (χ4v) is 4.48. The molecule has 2 aliphatic heterocycles. The molecule has 0 aromatic heterocycles. The Kier molecular flexibility index (Phi) is 6.13. The van der Waals surface area contributed by atoms with Gasteiger partial charge in [-0.2, -0.15) is 0 Å². The second-order valence-corrected chi connectivity index (χ2v) is 8.71. The van der Waals surface area contributed by atoms with Crippen molar-refractivity contribution >= 4 is 46.3 Å². The number of hydrogen-bond donors (Lipinski definition) is 0. The zero-order valence-corrected chi connectivity index (χ0v) is 18.0. The van der Waals surface area contributed by atoms with Crippen molar-refractivity contribution in [2.24, 2.45) is 0 Å². The van der Waals surface area contributed by atoms with Gasteiger partial charge in [0.05, 0.1) is 11.6 Å². The van der Waals surface area contributed by atoms with Gasteiger partial charge in [0.25, 0.3) is 11.1 Å². The number of halogens is 2. The van der Waals surface area contributed by atoms with Crippen LogP contribution in [-0.4, -0.2) is 53.8 Å². The molecule has 2 heterocycles. The number of rotatable bonds is 4. The summed E-state index contributed by atoms with van der Waals surface area (Å²) < 4.78 is 13.9. The molecule has 5 nitrogen and oxygen atoms in total. The number of piperazine rings is 1. The first-order valence-corrected chi connectivity index (χ1v) is 10.8. The molecule has 2 aliphatic rings. The van der Waals surface area contributed by atoms with Gasteiger partial charge in [-0.25, -0.2) is 4.39 Å². The number of thioether (sulfide) groups is 1. The molecule has 2 saturated heterocycles. The van der Waals surface area contributed by atoms with E-state index < -0.39 is 5.82 Å². The lowest BCUT2D eigenvalue weighted by atomic mass is 10.2. The minimum absolute atomic E-state index is 0.238. The van der Waals surface area contributed by atoms with Gasteiger partial charge >= 0.3 is 0 Å². The third kappa shape index (κ3) is 4.38. The molecule has 0 N–H and O–H groups in total. The molecule has 0 spiro atoms. The topological polar surface area (TPSA) is 43.9 Å². The molecule has 30 heavy (non-hydrogen) atoms. The Bertz CT molecular complexity index is 1020. The molecule has 2 fully saturated rings. The van der Waals surface area contributed by atoms with Crippen molar-refractivity contribution < 1.29 is 14.0 Å². The number of aryl methyl sites for hydroxylation is 1. The van der Waals surface area contributed by atoms with Crippen molar-refractivity contribution in [1.82, 2.24) is 9.80 Å². The van der Waals surface area contributed by atoms with E-state index in [2.05, 4.69) is 15.9 Å². The number of carbonyl (C=O) groups excluding carboxylic acids is 2. The van der Waals surface area contributed by atoms with Gasteiger partial charge in [0, 0.05) is 42.5 Å². The van der Waals surface area contributed by atoms with Gasteiger partial charge in [0.2, 0.25) is 0 Å². The SMILES string of the molecule is Cc1ccc(N2CCN(CN3C(=O)S/C(=C/c4ccccc4F)C3=O)CC2)cc1Cl. The first-order chi connectivity index (χ1) is 14.4. The van der Waals surface area contributed by atoms with Crippen molar-refractivity contribution in [3.63, 3.8) is 0 Å². The first-order valence-electron chi connectivity index (χ1n) is 9.66. The van der Waals surface area contributed by atoms with Crippen LogP contribution in [0.4, 0.5) is 14.9 Å². The third-order valence-electron chi connectivity index (χ3n) is 5.30. The Morgan fingerprint density at radius 2 is 1.83 bits per heavy atom. The average molecular weight is 446 g/mol. The average Bonchev–Trinajstić information content (AvgIpc) is 3.00. The lowest BCUT2D eigenvalue weighted by Gasteiger charge is -2.37. The second kappa shape index (κ2) is 8.79. The lowest BCUT2D eigenvalue weighted by molar-refractivity contribution is -0.124. The first kappa shape index (κ1) is 20.9. The summed E-state index contributed by atoms with van der Waals surface area (Å²) in [5, 5.41) is 0.421. The molecule has 0 radical (unpaired) electrons. The fraction of sp³-hybridized carbons (Fsp3) is 0.273. The smallest absolute Gasteiger partial charge is 0.294 e. The minimum atomic E-state index is -0.420. The van der Waals surface area contributed by atoms with E-state index in [1.54, 1.807) is 18.2 Å². The van der Waals surface area contributed by atoms with Gasteiger partial charge < -0.3 is 4.90 Å². The van der Waals surface area contributed by atoms with E-state index in [1.165, 1.54) is 17.0 Å². The van der Waals surface area contributed by atoms with E-state index in [9.17, 15) is 14.0 Å².